The Bertz CT molecular complexity index is 1040. The van der Waals surface area contributed by atoms with Crippen LogP contribution in [0.25, 0.3) is 10.9 Å². The van der Waals surface area contributed by atoms with Crippen molar-refractivity contribution in [2.75, 3.05) is 11.4 Å². The number of benzene rings is 1. The van der Waals surface area contributed by atoms with Gasteiger partial charge in [-0.25, -0.2) is 15.0 Å². The SMILES string of the molecule is Cc1cc(N2CCCC2c2nc3ccccc3c(=O)[nH]2)nc(C2CC2)n1. The molecule has 1 aromatic carbocycles. The van der Waals surface area contributed by atoms with Crippen molar-refractivity contribution < 1.29 is 0 Å². The van der Waals surface area contributed by atoms with Crippen LogP contribution in [0.4, 0.5) is 5.82 Å². The molecule has 132 valence electrons. The second-order valence-electron chi connectivity index (χ2n) is 7.32. The standard InChI is InChI=1S/C20H21N5O/c1-12-11-17(23-18(21-12)13-8-9-13)25-10-4-7-16(25)19-22-15-6-3-2-5-14(15)20(26)24-19/h2-3,5-6,11,13,16H,4,7-10H2,1H3,(H,22,24,26). The van der Waals surface area contributed by atoms with Gasteiger partial charge in [-0.15, -0.1) is 0 Å². The zero-order valence-corrected chi connectivity index (χ0v) is 14.8. The number of hydrogen-bond acceptors (Lipinski definition) is 5. The molecule has 2 aromatic heterocycles. The number of H-pyrrole nitrogens is 1. The molecular formula is C20H21N5O. The minimum absolute atomic E-state index is 0.0497. The summed E-state index contributed by atoms with van der Waals surface area (Å²) in [5, 5.41) is 0.634. The lowest BCUT2D eigenvalue weighted by Crippen LogP contribution is -2.27. The van der Waals surface area contributed by atoms with Gasteiger partial charge >= 0.3 is 0 Å². The smallest absolute Gasteiger partial charge is 0.258 e. The quantitative estimate of drug-likeness (QED) is 0.787. The fourth-order valence-corrected chi connectivity index (χ4v) is 3.83. The highest BCUT2D eigenvalue weighted by molar-refractivity contribution is 5.77. The Morgan fingerprint density at radius 1 is 1.12 bits per heavy atom. The molecule has 0 radical (unpaired) electrons. The van der Waals surface area contributed by atoms with Crippen molar-refractivity contribution in [3.8, 4) is 0 Å². The molecule has 6 heteroatoms. The topological polar surface area (TPSA) is 74.8 Å². The number of aromatic amines is 1. The van der Waals surface area contributed by atoms with E-state index in [9.17, 15) is 4.79 Å². The third kappa shape index (κ3) is 2.66. The van der Waals surface area contributed by atoms with E-state index in [0.717, 1.165) is 48.1 Å². The van der Waals surface area contributed by atoms with E-state index < -0.39 is 0 Å². The van der Waals surface area contributed by atoms with Gasteiger partial charge in [0.25, 0.3) is 5.56 Å². The normalized spacial score (nSPS) is 20.0. The summed E-state index contributed by atoms with van der Waals surface area (Å²) in [5.41, 5.74) is 1.67. The van der Waals surface area contributed by atoms with Gasteiger partial charge in [0, 0.05) is 24.2 Å². The highest BCUT2D eigenvalue weighted by atomic mass is 16.1. The van der Waals surface area contributed by atoms with E-state index in [4.69, 9.17) is 9.97 Å². The van der Waals surface area contributed by atoms with Crippen molar-refractivity contribution in [2.24, 2.45) is 0 Å². The third-order valence-corrected chi connectivity index (χ3v) is 5.29. The fraction of sp³-hybridized carbons (Fsp3) is 0.400. The lowest BCUT2D eigenvalue weighted by molar-refractivity contribution is 0.658. The number of aromatic nitrogens is 4. The van der Waals surface area contributed by atoms with Crippen LogP contribution in [-0.4, -0.2) is 26.5 Å². The van der Waals surface area contributed by atoms with E-state index >= 15 is 0 Å². The summed E-state index contributed by atoms with van der Waals surface area (Å²) in [6.07, 6.45) is 4.39. The Morgan fingerprint density at radius 2 is 1.96 bits per heavy atom. The number of aryl methyl sites for hydroxylation is 1. The van der Waals surface area contributed by atoms with E-state index in [1.54, 1.807) is 0 Å². The first-order chi connectivity index (χ1) is 12.7. The zero-order valence-electron chi connectivity index (χ0n) is 14.8. The molecule has 0 amide bonds. The molecule has 1 saturated carbocycles. The van der Waals surface area contributed by atoms with Gasteiger partial charge in [0.05, 0.1) is 16.9 Å². The van der Waals surface area contributed by atoms with Gasteiger partial charge in [0.2, 0.25) is 0 Å². The molecule has 2 fully saturated rings. The van der Waals surface area contributed by atoms with Gasteiger partial charge < -0.3 is 9.88 Å². The summed E-state index contributed by atoms with van der Waals surface area (Å²) >= 11 is 0. The third-order valence-electron chi connectivity index (χ3n) is 5.29. The molecular weight excluding hydrogens is 326 g/mol. The highest BCUT2D eigenvalue weighted by Crippen LogP contribution is 2.40. The van der Waals surface area contributed by atoms with Gasteiger partial charge in [-0.3, -0.25) is 4.79 Å². The first-order valence-electron chi connectivity index (χ1n) is 9.30. The van der Waals surface area contributed by atoms with Crippen molar-refractivity contribution >= 4 is 16.7 Å². The first-order valence-corrected chi connectivity index (χ1v) is 9.30. The van der Waals surface area contributed by atoms with Crippen LogP contribution >= 0.6 is 0 Å². The Morgan fingerprint density at radius 3 is 2.81 bits per heavy atom. The van der Waals surface area contributed by atoms with Crippen LogP contribution in [-0.2, 0) is 0 Å². The van der Waals surface area contributed by atoms with E-state index in [1.165, 1.54) is 12.8 Å². The molecule has 1 saturated heterocycles. The number of para-hydroxylation sites is 1. The van der Waals surface area contributed by atoms with E-state index in [2.05, 4.69) is 14.9 Å². The van der Waals surface area contributed by atoms with E-state index in [0.29, 0.717) is 11.3 Å². The average molecular weight is 347 g/mol. The van der Waals surface area contributed by atoms with Crippen LogP contribution in [0.5, 0.6) is 0 Å². The average Bonchev–Trinajstić information content (AvgIpc) is 3.38. The Hall–Kier alpha value is -2.76. The summed E-state index contributed by atoms with van der Waals surface area (Å²) in [6.45, 7) is 2.94. The van der Waals surface area contributed by atoms with Crippen LogP contribution in [0.15, 0.2) is 35.1 Å². The number of hydrogen-bond donors (Lipinski definition) is 1. The Balaban J connectivity index is 1.56. The van der Waals surface area contributed by atoms with Gasteiger partial charge in [-0.05, 0) is 44.7 Å². The largest absolute Gasteiger partial charge is 0.346 e. The molecule has 0 bridgehead atoms. The summed E-state index contributed by atoms with van der Waals surface area (Å²) in [7, 11) is 0. The van der Waals surface area contributed by atoms with Crippen LogP contribution in [0.3, 0.4) is 0 Å². The summed E-state index contributed by atoms with van der Waals surface area (Å²) in [4.78, 5) is 31.9. The van der Waals surface area contributed by atoms with Crippen molar-refractivity contribution in [2.45, 2.75) is 44.6 Å². The molecule has 0 spiro atoms. The predicted molar refractivity (Wildman–Crippen MR) is 100 cm³/mol. The Kier molecular flexibility index (Phi) is 3.51. The van der Waals surface area contributed by atoms with Gasteiger partial charge in [0.1, 0.15) is 17.5 Å². The van der Waals surface area contributed by atoms with Crippen molar-refractivity contribution in [3.05, 3.63) is 58.0 Å². The molecule has 1 unspecified atom stereocenters. The number of nitrogens with zero attached hydrogens (tertiary/aromatic N) is 4. The van der Waals surface area contributed by atoms with E-state index in [1.807, 2.05) is 37.3 Å². The van der Waals surface area contributed by atoms with Crippen LogP contribution in [0, 0.1) is 6.92 Å². The second kappa shape index (κ2) is 5.90. The molecule has 26 heavy (non-hydrogen) atoms. The minimum atomic E-state index is -0.0741. The van der Waals surface area contributed by atoms with Crippen molar-refractivity contribution in [3.63, 3.8) is 0 Å². The maximum absolute atomic E-state index is 12.5. The summed E-state index contributed by atoms with van der Waals surface area (Å²) < 4.78 is 0. The summed E-state index contributed by atoms with van der Waals surface area (Å²) in [6, 6.07) is 9.59. The van der Waals surface area contributed by atoms with Gasteiger partial charge in [-0.2, -0.15) is 0 Å². The Labute approximate surface area is 151 Å². The monoisotopic (exact) mass is 347 g/mol. The lowest BCUT2D eigenvalue weighted by atomic mass is 10.2. The van der Waals surface area contributed by atoms with Crippen molar-refractivity contribution in [1.29, 1.82) is 0 Å². The molecule has 6 nitrogen and oxygen atoms in total. The zero-order chi connectivity index (χ0) is 17.7. The van der Waals surface area contributed by atoms with Crippen LogP contribution in [0.2, 0.25) is 0 Å². The van der Waals surface area contributed by atoms with Crippen LogP contribution < -0.4 is 10.5 Å². The van der Waals surface area contributed by atoms with Crippen LogP contribution in [0.1, 0.15) is 55.0 Å². The fourth-order valence-electron chi connectivity index (χ4n) is 3.83. The predicted octanol–water partition coefficient (Wildman–Crippen LogP) is 3.24. The number of rotatable bonds is 3. The van der Waals surface area contributed by atoms with Gasteiger partial charge in [0.15, 0.2) is 0 Å². The molecule has 1 N–H and O–H groups in total. The molecule has 2 aliphatic rings. The molecule has 5 rings (SSSR count). The molecule has 1 atom stereocenters. The molecule has 1 aliphatic heterocycles. The second-order valence-corrected chi connectivity index (χ2v) is 7.32. The lowest BCUT2D eigenvalue weighted by Gasteiger charge is -2.25. The summed E-state index contributed by atoms with van der Waals surface area (Å²) in [5.74, 6) is 3.17. The minimum Gasteiger partial charge on any atom is -0.346 e. The first kappa shape index (κ1) is 15.5. The number of nitrogens with one attached hydrogen (secondary N) is 1. The maximum atomic E-state index is 12.5. The highest BCUT2D eigenvalue weighted by Gasteiger charge is 2.32. The number of anilines is 1. The van der Waals surface area contributed by atoms with E-state index in [-0.39, 0.29) is 11.6 Å². The number of fused-ring (bicyclic) bond motifs is 1. The molecule has 3 heterocycles. The molecule has 1 aliphatic carbocycles. The molecule has 3 aromatic rings. The van der Waals surface area contributed by atoms with Gasteiger partial charge in [-0.1, -0.05) is 12.1 Å². The van der Waals surface area contributed by atoms with Crippen molar-refractivity contribution in [1.82, 2.24) is 19.9 Å². The maximum Gasteiger partial charge on any atom is 0.258 e.